The first-order valence-electron chi connectivity index (χ1n) is 10.9. The van der Waals surface area contributed by atoms with Gasteiger partial charge in [0.05, 0.1) is 19.4 Å². The van der Waals surface area contributed by atoms with Crippen LogP contribution in [0.2, 0.25) is 0 Å². The number of furan rings is 1. The molecule has 0 bridgehead atoms. The third-order valence-electron chi connectivity index (χ3n) is 5.17. The molecule has 6 heteroatoms. The lowest BCUT2D eigenvalue weighted by molar-refractivity contribution is -0.118. The molecule has 0 fully saturated rings. The van der Waals surface area contributed by atoms with E-state index < -0.39 is 5.91 Å². The van der Waals surface area contributed by atoms with Gasteiger partial charge < -0.3 is 19.8 Å². The maximum absolute atomic E-state index is 13.3. The minimum Gasteiger partial charge on any atom is -0.497 e. The van der Waals surface area contributed by atoms with E-state index in [-0.39, 0.29) is 17.6 Å². The molecular formula is C27H30N2O4. The third-order valence-corrected chi connectivity index (χ3v) is 5.17. The Kier molecular flexibility index (Phi) is 8.08. The summed E-state index contributed by atoms with van der Waals surface area (Å²) in [7, 11) is 1.62. The first kappa shape index (κ1) is 23.9. The standard InChI is InChI=1S/C27H30N2O4/c1-18(2)16-24(20-11-13-22(32-4)14-12-20)28-27(31)25(17-23-6-5-15-33-23)29-26(30)21-9-7-19(3)8-10-21/h5-15,17-18,24H,16H2,1-4H3,(H,28,31)(H,29,30)/b25-17-/t24-/m1/s1. The molecule has 1 heterocycles. The highest BCUT2D eigenvalue weighted by atomic mass is 16.5. The van der Waals surface area contributed by atoms with Gasteiger partial charge >= 0.3 is 0 Å². The van der Waals surface area contributed by atoms with Crippen molar-refractivity contribution in [2.75, 3.05) is 7.11 Å². The summed E-state index contributed by atoms with van der Waals surface area (Å²) in [4.78, 5) is 26.1. The van der Waals surface area contributed by atoms with Crippen molar-refractivity contribution in [1.29, 1.82) is 0 Å². The Morgan fingerprint density at radius 3 is 2.30 bits per heavy atom. The van der Waals surface area contributed by atoms with Crippen LogP contribution in [0.5, 0.6) is 5.75 Å². The number of hydrogen-bond acceptors (Lipinski definition) is 4. The summed E-state index contributed by atoms with van der Waals surface area (Å²) in [6.45, 7) is 6.15. The molecule has 0 saturated heterocycles. The predicted molar refractivity (Wildman–Crippen MR) is 129 cm³/mol. The van der Waals surface area contributed by atoms with Gasteiger partial charge in [0, 0.05) is 11.6 Å². The molecule has 3 rings (SSSR count). The number of aryl methyl sites for hydroxylation is 1. The molecule has 0 aliphatic rings. The lowest BCUT2D eigenvalue weighted by Gasteiger charge is -2.22. The molecule has 1 aromatic heterocycles. The number of methoxy groups -OCH3 is 1. The normalized spacial score (nSPS) is 12.3. The number of ether oxygens (including phenoxy) is 1. The van der Waals surface area contributed by atoms with Crippen LogP contribution in [-0.4, -0.2) is 18.9 Å². The molecular weight excluding hydrogens is 416 g/mol. The van der Waals surface area contributed by atoms with Gasteiger partial charge in [-0.3, -0.25) is 9.59 Å². The van der Waals surface area contributed by atoms with Gasteiger partial charge in [-0.15, -0.1) is 0 Å². The zero-order valence-corrected chi connectivity index (χ0v) is 19.4. The van der Waals surface area contributed by atoms with E-state index in [4.69, 9.17) is 9.15 Å². The number of rotatable bonds is 9. The lowest BCUT2D eigenvalue weighted by atomic mass is 9.96. The van der Waals surface area contributed by atoms with Gasteiger partial charge in [-0.2, -0.15) is 0 Å². The summed E-state index contributed by atoms with van der Waals surface area (Å²) in [5.41, 5.74) is 2.58. The minimum atomic E-state index is -0.395. The van der Waals surface area contributed by atoms with Crippen LogP contribution in [0.4, 0.5) is 0 Å². The fourth-order valence-corrected chi connectivity index (χ4v) is 3.40. The Hall–Kier alpha value is -3.80. The summed E-state index contributed by atoms with van der Waals surface area (Å²) >= 11 is 0. The minimum absolute atomic E-state index is 0.109. The summed E-state index contributed by atoms with van der Waals surface area (Å²) in [5, 5.41) is 5.83. The van der Waals surface area contributed by atoms with Gasteiger partial charge in [-0.05, 0) is 61.2 Å². The third kappa shape index (κ3) is 6.84. The topological polar surface area (TPSA) is 80.6 Å². The highest BCUT2D eigenvalue weighted by Crippen LogP contribution is 2.24. The van der Waals surface area contributed by atoms with Gasteiger partial charge in [0.1, 0.15) is 17.2 Å². The van der Waals surface area contributed by atoms with Crippen LogP contribution < -0.4 is 15.4 Å². The number of carbonyl (C=O) groups excluding carboxylic acids is 2. The van der Waals surface area contributed by atoms with E-state index in [1.165, 1.54) is 12.3 Å². The number of hydrogen-bond donors (Lipinski definition) is 2. The molecule has 172 valence electrons. The molecule has 2 amide bonds. The van der Waals surface area contributed by atoms with Crippen molar-refractivity contribution in [3.05, 3.63) is 95.1 Å². The van der Waals surface area contributed by atoms with Crippen molar-refractivity contribution in [1.82, 2.24) is 10.6 Å². The highest BCUT2D eigenvalue weighted by molar-refractivity contribution is 6.05. The molecule has 2 aromatic carbocycles. The predicted octanol–water partition coefficient (Wildman–Crippen LogP) is 5.27. The number of benzene rings is 2. The second-order valence-electron chi connectivity index (χ2n) is 8.32. The van der Waals surface area contributed by atoms with E-state index in [1.807, 2.05) is 43.3 Å². The monoisotopic (exact) mass is 446 g/mol. The van der Waals surface area contributed by atoms with Crippen LogP contribution >= 0.6 is 0 Å². The smallest absolute Gasteiger partial charge is 0.268 e. The Morgan fingerprint density at radius 1 is 1.03 bits per heavy atom. The van der Waals surface area contributed by atoms with Crippen molar-refractivity contribution in [2.45, 2.75) is 33.2 Å². The highest BCUT2D eigenvalue weighted by Gasteiger charge is 2.21. The second-order valence-corrected chi connectivity index (χ2v) is 8.32. The van der Waals surface area contributed by atoms with Crippen LogP contribution in [-0.2, 0) is 4.79 Å². The van der Waals surface area contributed by atoms with Gasteiger partial charge in [-0.25, -0.2) is 0 Å². The lowest BCUT2D eigenvalue weighted by Crippen LogP contribution is -2.37. The van der Waals surface area contributed by atoms with Crippen LogP contribution in [0.1, 0.15) is 53.6 Å². The number of amides is 2. The molecule has 0 spiro atoms. The van der Waals surface area contributed by atoms with Crippen molar-refractivity contribution >= 4 is 17.9 Å². The average molecular weight is 447 g/mol. The molecule has 0 aliphatic heterocycles. The van der Waals surface area contributed by atoms with Crippen LogP contribution in [0.25, 0.3) is 6.08 Å². The quantitative estimate of drug-likeness (QED) is 0.439. The van der Waals surface area contributed by atoms with Crippen molar-refractivity contribution in [3.63, 3.8) is 0 Å². The number of nitrogens with one attached hydrogen (secondary N) is 2. The summed E-state index contributed by atoms with van der Waals surface area (Å²) in [6.07, 6.45) is 3.78. The van der Waals surface area contributed by atoms with Crippen molar-refractivity contribution < 1.29 is 18.7 Å². The summed E-state index contributed by atoms with van der Waals surface area (Å²) < 4.78 is 10.6. The molecule has 1 atom stereocenters. The van der Waals surface area contributed by atoms with E-state index in [0.29, 0.717) is 17.2 Å². The van der Waals surface area contributed by atoms with Crippen LogP contribution in [0.3, 0.4) is 0 Å². The molecule has 6 nitrogen and oxygen atoms in total. The number of carbonyl (C=O) groups is 2. The molecule has 0 unspecified atom stereocenters. The van der Waals surface area contributed by atoms with Gasteiger partial charge in [0.15, 0.2) is 0 Å². The fraction of sp³-hybridized carbons (Fsp3) is 0.259. The first-order chi connectivity index (χ1) is 15.9. The largest absolute Gasteiger partial charge is 0.497 e. The molecule has 0 saturated carbocycles. The molecule has 0 radical (unpaired) electrons. The second kappa shape index (κ2) is 11.2. The van der Waals surface area contributed by atoms with E-state index in [1.54, 1.807) is 31.4 Å². The van der Waals surface area contributed by atoms with Crippen LogP contribution in [0, 0.1) is 12.8 Å². The first-order valence-corrected chi connectivity index (χ1v) is 10.9. The Labute approximate surface area is 194 Å². The fourth-order valence-electron chi connectivity index (χ4n) is 3.40. The molecule has 3 aromatic rings. The zero-order chi connectivity index (χ0) is 23.8. The van der Waals surface area contributed by atoms with Gasteiger partial charge in [0.2, 0.25) is 0 Å². The molecule has 0 aliphatic carbocycles. The molecule has 2 N–H and O–H groups in total. The van der Waals surface area contributed by atoms with E-state index in [2.05, 4.69) is 24.5 Å². The van der Waals surface area contributed by atoms with Gasteiger partial charge in [0.25, 0.3) is 11.8 Å². The zero-order valence-electron chi connectivity index (χ0n) is 19.4. The van der Waals surface area contributed by atoms with Crippen molar-refractivity contribution in [3.8, 4) is 5.75 Å². The summed E-state index contributed by atoms with van der Waals surface area (Å²) in [5.74, 6) is 0.796. The van der Waals surface area contributed by atoms with E-state index >= 15 is 0 Å². The Bertz CT molecular complexity index is 1080. The van der Waals surface area contributed by atoms with E-state index in [0.717, 1.165) is 23.3 Å². The average Bonchev–Trinajstić information content (AvgIpc) is 3.31. The maximum Gasteiger partial charge on any atom is 0.268 e. The van der Waals surface area contributed by atoms with Crippen LogP contribution in [0.15, 0.2) is 77.0 Å². The van der Waals surface area contributed by atoms with E-state index in [9.17, 15) is 9.59 Å². The maximum atomic E-state index is 13.3. The SMILES string of the molecule is COc1ccc([C@@H](CC(C)C)NC(=O)/C(=C/c2ccco2)NC(=O)c2ccc(C)cc2)cc1. The molecule has 33 heavy (non-hydrogen) atoms. The van der Waals surface area contributed by atoms with Gasteiger partial charge in [-0.1, -0.05) is 43.7 Å². The van der Waals surface area contributed by atoms with Crippen molar-refractivity contribution in [2.24, 2.45) is 5.92 Å². The Morgan fingerprint density at radius 2 is 1.73 bits per heavy atom. The summed E-state index contributed by atoms with van der Waals surface area (Å²) in [6, 6.07) is 18.0. The Balaban J connectivity index is 1.85.